The molecular formula is C20H31F3N4O4. The van der Waals surface area contributed by atoms with Gasteiger partial charge in [-0.25, -0.2) is 4.79 Å². The number of aliphatic carboxylic acids is 1. The maximum Gasteiger partial charge on any atom is 0.490 e. The Morgan fingerprint density at radius 1 is 1.39 bits per heavy atom. The van der Waals surface area contributed by atoms with Crippen molar-refractivity contribution in [2.45, 2.75) is 63.3 Å². The normalized spacial score (nSPS) is 24.4. The lowest BCUT2D eigenvalue weighted by atomic mass is 9.77. The molecule has 0 radical (unpaired) electrons. The number of hydrogen-bond acceptors (Lipinski definition) is 5. The monoisotopic (exact) mass is 448 g/mol. The summed E-state index contributed by atoms with van der Waals surface area (Å²) in [5.74, 6) is -2.46. The number of carbonyl (C=O) groups is 2. The van der Waals surface area contributed by atoms with Crippen LogP contribution >= 0.6 is 0 Å². The SMILES string of the molecule is CC[C@@H]1N(Cc2cnn(C)c2)CCC[C@]12CCC(=O)N2CCOC.O=C(O)C(F)(F)F. The number of alkyl halides is 3. The number of amides is 1. The zero-order valence-corrected chi connectivity index (χ0v) is 18.2. The number of carbonyl (C=O) groups excluding carboxylic acids is 1. The van der Waals surface area contributed by atoms with Gasteiger partial charge in [-0.15, -0.1) is 0 Å². The van der Waals surface area contributed by atoms with Gasteiger partial charge in [0.1, 0.15) is 0 Å². The maximum absolute atomic E-state index is 12.5. The highest BCUT2D eigenvalue weighted by molar-refractivity contribution is 5.80. The highest BCUT2D eigenvalue weighted by Crippen LogP contribution is 2.43. The van der Waals surface area contributed by atoms with Crippen molar-refractivity contribution in [3.05, 3.63) is 18.0 Å². The van der Waals surface area contributed by atoms with E-state index in [2.05, 4.69) is 28.0 Å². The van der Waals surface area contributed by atoms with Gasteiger partial charge in [0.05, 0.1) is 18.3 Å². The van der Waals surface area contributed by atoms with Crippen molar-refractivity contribution >= 4 is 11.9 Å². The summed E-state index contributed by atoms with van der Waals surface area (Å²) in [6.07, 6.45) is 3.96. The third kappa shape index (κ3) is 5.97. The van der Waals surface area contributed by atoms with Gasteiger partial charge in [-0.05, 0) is 32.2 Å². The first kappa shape index (κ1) is 25.1. The topological polar surface area (TPSA) is 87.9 Å². The van der Waals surface area contributed by atoms with E-state index in [1.807, 2.05) is 17.9 Å². The van der Waals surface area contributed by atoms with Crippen LogP contribution in [0.5, 0.6) is 0 Å². The summed E-state index contributed by atoms with van der Waals surface area (Å²) in [7, 11) is 3.67. The van der Waals surface area contributed by atoms with Crippen molar-refractivity contribution < 1.29 is 32.6 Å². The summed E-state index contributed by atoms with van der Waals surface area (Å²) in [6.45, 7) is 5.60. The van der Waals surface area contributed by atoms with Crippen molar-refractivity contribution in [2.24, 2.45) is 7.05 Å². The number of hydrogen-bond donors (Lipinski definition) is 1. The maximum atomic E-state index is 12.5. The Morgan fingerprint density at radius 2 is 2.06 bits per heavy atom. The van der Waals surface area contributed by atoms with Crippen LogP contribution in [0.4, 0.5) is 13.2 Å². The Hall–Kier alpha value is -2.14. The molecule has 176 valence electrons. The molecule has 0 aliphatic carbocycles. The standard InChI is InChI=1S/C18H30N4O2.C2HF3O2/c1-4-16-18(8-6-17(23)22(18)10-11-24-3)7-5-9-21(16)14-15-12-19-20(2)13-15;3-2(4,5)1(6)7/h12-13,16H,4-11,14H2,1-3H3;(H,6,7)/t16-,18-;/m0./s1. The number of rotatable bonds is 6. The van der Waals surface area contributed by atoms with Gasteiger partial charge in [-0.1, -0.05) is 6.92 Å². The van der Waals surface area contributed by atoms with Gasteiger partial charge in [0.2, 0.25) is 5.91 Å². The van der Waals surface area contributed by atoms with Crippen molar-refractivity contribution in [1.82, 2.24) is 19.6 Å². The molecule has 0 saturated carbocycles. The van der Waals surface area contributed by atoms with Crippen LogP contribution in [-0.4, -0.2) is 81.1 Å². The highest BCUT2D eigenvalue weighted by Gasteiger charge is 2.52. The van der Waals surface area contributed by atoms with Crippen LogP contribution in [0.1, 0.15) is 44.6 Å². The van der Waals surface area contributed by atoms with E-state index in [1.165, 1.54) is 5.56 Å². The predicted octanol–water partition coefficient (Wildman–Crippen LogP) is 2.44. The Labute approximate surface area is 179 Å². The Bertz CT molecular complexity index is 755. The van der Waals surface area contributed by atoms with E-state index in [9.17, 15) is 18.0 Å². The summed E-state index contributed by atoms with van der Waals surface area (Å²) >= 11 is 0. The molecule has 2 aliphatic heterocycles. The van der Waals surface area contributed by atoms with Crippen LogP contribution in [0, 0.1) is 0 Å². The molecule has 1 N–H and O–H groups in total. The first-order valence-corrected chi connectivity index (χ1v) is 10.4. The van der Waals surface area contributed by atoms with E-state index >= 15 is 0 Å². The lowest BCUT2D eigenvalue weighted by Crippen LogP contribution is -2.63. The molecule has 11 heteroatoms. The molecule has 1 aromatic rings. The molecule has 31 heavy (non-hydrogen) atoms. The number of carboxylic acid groups (broad SMARTS) is 1. The summed E-state index contributed by atoms with van der Waals surface area (Å²) in [5, 5.41) is 11.4. The summed E-state index contributed by atoms with van der Waals surface area (Å²) in [5.41, 5.74) is 1.24. The zero-order chi connectivity index (χ0) is 23.2. The smallest absolute Gasteiger partial charge is 0.475 e. The molecule has 2 atom stereocenters. The Kier molecular flexibility index (Phi) is 8.47. The highest BCUT2D eigenvalue weighted by atomic mass is 19.4. The van der Waals surface area contributed by atoms with Gasteiger partial charge in [0.15, 0.2) is 0 Å². The lowest BCUT2D eigenvalue weighted by Gasteiger charge is -2.52. The van der Waals surface area contributed by atoms with Crippen molar-refractivity contribution in [3.63, 3.8) is 0 Å². The quantitative estimate of drug-likeness (QED) is 0.719. The van der Waals surface area contributed by atoms with Gasteiger partial charge in [0, 0.05) is 51.5 Å². The molecular weight excluding hydrogens is 417 g/mol. The van der Waals surface area contributed by atoms with Gasteiger partial charge in [-0.3, -0.25) is 14.4 Å². The fraction of sp³-hybridized carbons (Fsp3) is 0.750. The molecule has 0 bridgehead atoms. The van der Waals surface area contributed by atoms with Crippen molar-refractivity contribution in [2.75, 3.05) is 26.8 Å². The van der Waals surface area contributed by atoms with E-state index in [4.69, 9.17) is 14.6 Å². The zero-order valence-electron chi connectivity index (χ0n) is 18.2. The van der Waals surface area contributed by atoms with E-state index in [0.29, 0.717) is 31.5 Å². The number of ether oxygens (including phenoxy) is 1. The third-order valence-corrected chi connectivity index (χ3v) is 6.02. The van der Waals surface area contributed by atoms with Gasteiger partial charge >= 0.3 is 12.1 Å². The largest absolute Gasteiger partial charge is 0.490 e. The van der Waals surface area contributed by atoms with Crippen LogP contribution in [0.3, 0.4) is 0 Å². The molecule has 2 saturated heterocycles. The second kappa shape index (κ2) is 10.4. The molecule has 0 aromatic carbocycles. The van der Waals surface area contributed by atoms with E-state index in [1.54, 1.807) is 7.11 Å². The number of carboxylic acids is 1. The predicted molar refractivity (Wildman–Crippen MR) is 106 cm³/mol. The van der Waals surface area contributed by atoms with E-state index in [0.717, 1.165) is 38.8 Å². The van der Waals surface area contributed by atoms with Crippen LogP contribution < -0.4 is 0 Å². The van der Waals surface area contributed by atoms with Gasteiger partial charge < -0.3 is 14.7 Å². The molecule has 2 aliphatic rings. The average Bonchev–Trinajstić information content (AvgIpc) is 3.24. The Morgan fingerprint density at radius 3 is 2.58 bits per heavy atom. The summed E-state index contributed by atoms with van der Waals surface area (Å²) in [4.78, 5) is 26.1. The fourth-order valence-electron chi connectivity index (χ4n) is 4.84. The first-order chi connectivity index (χ1) is 14.5. The minimum Gasteiger partial charge on any atom is -0.475 e. The second-order valence-electron chi connectivity index (χ2n) is 7.96. The van der Waals surface area contributed by atoms with Crippen LogP contribution in [0.15, 0.2) is 12.4 Å². The number of piperidine rings is 1. The molecule has 1 spiro atoms. The van der Waals surface area contributed by atoms with E-state index < -0.39 is 12.1 Å². The molecule has 3 heterocycles. The van der Waals surface area contributed by atoms with Crippen molar-refractivity contribution in [1.29, 1.82) is 0 Å². The molecule has 1 amide bonds. The van der Waals surface area contributed by atoms with Crippen LogP contribution in [-0.2, 0) is 27.9 Å². The second-order valence-corrected chi connectivity index (χ2v) is 7.96. The molecule has 3 rings (SSSR count). The number of aryl methyl sites for hydroxylation is 1. The molecule has 8 nitrogen and oxygen atoms in total. The van der Waals surface area contributed by atoms with Crippen molar-refractivity contribution in [3.8, 4) is 0 Å². The minimum atomic E-state index is -5.08. The molecule has 2 fully saturated rings. The van der Waals surface area contributed by atoms with E-state index in [-0.39, 0.29) is 5.54 Å². The molecule has 0 unspecified atom stereocenters. The number of methoxy groups -OCH3 is 1. The third-order valence-electron chi connectivity index (χ3n) is 6.02. The number of halogens is 3. The number of nitrogens with zero attached hydrogens (tertiary/aromatic N) is 4. The first-order valence-electron chi connectivity index (χ1n) is 10.4. The minimum absolute atomic E-state index is 0.00910. The van der Waals surface area contributed by atoms with Crippen LogP contribution in [0.25, 0.3) is 0 Å². The summed E-state index contributed by atoms with van der Waals surface area (Å²) in [6, 6.07) is 0.412. The average molecular weight is 448 g/mol. The van der Waals surface area contributed by atoms with Gasteiger partial charge in [0.25, 0.3) is 0 Å². The Balaban J connectivity index is 0.000000423. The fourth-order valence-corrected chi connectivity index (χ4v) is 4.84. The molecule has 1 aromatic heterocycles. The van der Waals surface area contributed by atoms with Gasteiger partial charge in [-0.2, -0.15) is 18.3 Å². The lowest BCUT2D eigenvalue weighted by molar-refractivity contribution is -0.192. The number of likely N-dealkylation sites (tertiary alicyclic amines) is 2. The van der Waals surface area contributed by atoms with Crippen LogP contribution in [0.2, 0.25) is 0 Å². The number of aromatic nitrogens is 2. The summed E-state index contributed by atoms with van der Waals surface area (Å²) < 4.78 is 38.9.